The molecule has 2 aromatic rings. The maximum absolute atomic E-state index is 11.1. The van der Waals surface area contributed by atoms with Crippen LogP contribution in [0, 0.1) is 5.92 Å². The minimum atomic E-state index is 0.795. The summed E-state index contributed by atoms with van der Waals surface area (Å²) in [4.78, 5) is 11.1. The summed E-state index contributed by atoms with van der Waals surface area (Å²) in [6.45, 7) is 1.04. The first-order valence-electron chi connectivity index (χ1n) is 6.01. The molecule has 2 nitrogen and oxygen atoms in total. The van der Waals surface area contributed by atoms with Crippen molar-refractivity contribution in [3.8, 4) is 0 Å². The second kappa shape index (κ2) is 4.30. The molecule has 0 bridgehead atoms. The van der Waals surface area contributed by atoms with Crippen LogP contribution in [0.1, 0.15) is 29.6 Å². The summed E-state index contributed by atoms with van der Waals surface area (Å²) in [5.74, 6) is 0.795. The van der Waals surface area contributed by atoms with E-state index in [0.29, 0.717) is 0 Å². The topological polar surface area (TPSA) is 22.0 Å². The lowest BCUT2D eigenvalue weighted by Gasteiger charge is -2.26. The molecule has 1 aromatic heterocycles. The van der Waals surface area contributed by atoms with E-state index in [0.717, 1.165) is 39.7 Å². The molecule has 1 heterocycles. The number of fused-ring (bicyclic) bond motifs is 1. The Labute approximate surface area is 109 Å². The van der Waals surface area contributed by atoms with Crippen LogP contribution in [0.5, 0.6) is 0 Å². The number of hydrogen-bond acceptors (Lipinski definition) is 1. The van der Waals surface area contributed by atoms with E-state index in [4.69, 9.17) is 0 Å². The minimum absolute atomic E-state index is 0.795. The molecular formula is C14H14BrNO. The van der Waals surface area contributed by atoms with E-state index in [2.05, 4.69) is 26.6 Å². The van der Waals surface area contributed by atoms with Crippen LogP contribution in [0.2, 0.25) is 0 Å². The third-order valence-corrected chi connectivity index (χ3v) is 4.17. The summed E-state index contributed by atoms with van der Waals surface area (Å²) < 4.78 is 3.30. The van der Waals surface area contributed by atoms with Gasteiger partial charge >= 0.3 is 0 Å². The van der Waals surface area contributed by atoms with Crippen LogP contribution in [0.3, 0.4) is 0 Å². The van der Waals surface area contributed by atoms with Gasteiger partial charge in [-0.25, -0.2) is 0 Å². The Morgan fingerprint density at radius 3 is 2.88 bits per heavy atom. The van der Waals surface area contributed by atoms with Crippen LogP contribution >= 0.6 is 15.9 Å². The normalized spacial score (nSPS) is 16.1. The number of benzene rings is 1. The molecule has 3 heteroatoms. The Balaban J connectivity index is 2.08. The van der Waals surface area contributed by atoms with Gasteiger partial charge in [0.2, 0.25) is 0 Å². The van der Waals surface area contributed by atoms with Crippen LogP contribution in [0.4, 0.5) is 0 Å². The van der Waals surface area contributed by atoms with Crippen LogP contribution in [0.15, 0.2) is 28.9 Å². The monoisotopic (exact) mass is 291 g/mol. The fourth-order valence-electron chi connectivity index (χ4n) is 2.49. The average molecular weight is 292 g/mol. The smallest absolute Gasteiger partial charge is 0.152 e. The second-order valence-corrected chi connectivity index (χ2v) is 5.73. The van der Waals surface area contributed by atoms with Gasteiger partial charge in [-0.15, -0.1) is 0 Å². The maximum atomic E-state index is 11.1. The number of halogens is 1. The molecule has 0 unspecified atom stereocenters. The molecule has 17 heavy (non-hydrogen) atoms. The number of hydrogen-bond donors (Lipinski definition) is 0. The Hall–Kier alpha value is -1.09. The third kappa shape index (κ3) is 1.93. The Bertz CT molecular complexity index is 569. The molecule has 0 aliphatic heterocycles. The molecule has 0 radical (unpaired) electrons. The van der Waals surface area contributed by atoms with Crippen molar-refractivity contribution in [1.29, 1.82) is 0 Å². The molecule has 0 N–H and O–H groups in total. The highest BCUT2D eigenvalue weighted by molar-refractivity contribution is 9.10. The molecule has 1 aromatic carbocycles. The van der Waals surface area contributed by atoms with Gasteiger partial charge in [-0.3, -0.25) is 4.79 Å². The van der Waals surface area contributed by atoms with E-state index >= 15 is 0 Å². The highest BCUT2D eigenvalue weighted by Gasteiger charge is 2.19. The number of rotatable bonds is 3. The summed E-state index contributed by atoms with van der Waals surface area (Å²) in [5, 5.41) is 1.06. The van der Waals surface area contributed by atoms with Crippen molar-refractivity contribution in [2.24, 2.45) is 5.92 Å². The van der Waals surface area contributed by atoms with Crippen LogP contribution in [-0.2, 0) is 6.54 Å². The molecule has 1 fully saturated rings. The van der Waals surface area contributed by atoms with Gasteiger partial charge in [0.1, 0.15) is 0 Å². The van der Waals surface area contributed by atoms with Crippen molar-refractivity contribution in [2.45, 2.75) is 25.8 Å². The summed E-state index contributed by atoms with van der Waals surface area (Å²) in [7, 11) is 0. The number of aldehydes is 1. The van der Waals surface area contributed by atoms with E-state index in [1.54, 1.807) is 0 Å². The van der Waals surface area contributed by atoms with E-state index < -0.39 is 0 Å². The Morgan fingerprint density at radius 1 is 1.41 bits per heavy atom. The molecule has 3 rings (SSSR count). The summed E-state index contributed by atoms with van der Waals surface area (Å²) in [6, 6.07) is 6.10. The number of carbonyl (C=O) groups excluding carboxylic acids is 1. The zero-order chi connectivity index (χ0) is 11.8. The second-order valence-electron chi connectivity index (χ2n) is 4.81. The minimum Gasteiger partial charge on any atom is -0.346 e. The maximum Gasteiger partial charge on any atom is 0.152 e. The van der Waals surface area contributed by atoms with Crippen LogP contribution < -0.4 is 0 Å². The fraction of sp³-hybridized carbons (Fsp3) is 0.357. The molecule has 1 aliphatic rings. The highest BCUT2D eigenvalue weighted by Crippen LogP contribution is 2.31. The highest BCUT2D eigenvalue weighted by atomic mass is 79.9. The molecule has 0 saturated heterocycles. The van der Waals surface area contributed by atoms with E-state index in [-0.39, 0.29) is 0 Å². The van der Waals surface area contributed by atoms with E-state index in [1.807, 2.05) is 18.3 Å². The first-order chi connectivity index (χ1) is 8.28. The van der Waals surface area contributed by atoms with Crippen molar-refractivity contribution in [3.05, 3.63) is 34.4 Å². The number of aromatic nitrogens is 1. The lowest BCUT2D eigenvalue weighted by atomic mass is 9.85. The first kappa shape index (κ1) is 11.0. The largest absolute Gasteiger partial charge is 0.346 e. The lowest BCUT2D eigenvalue weighted by Crippen LogP contribution is -2.17. The van der Waals surface area contributed by atoms with Crippen molar-refractivity contribution in [3.63, 3.8) is 0 Å². The van der Waals surface area contributed by atoms with Gasteiger partial charge in [-0.2, -0.15) is 0 Å². The quantitative estimate of drug-likeness (QED) is 0.783. The van der Waals surface area contributed by atoms with E-state index in [1.165, 1.54) is 19.3 Å². The van der Waals surface area contributed by atoms with Gasteiger partial charge in [0.05, 0.1) is 0 Å². The predicted molar refractivity (Wildman–Crippen MR) is 72.4 cm³/mol. The Kier molecular flexibility index (Phi) is 2.79. The lowest BCUT2D eigenvalue weighted by molar-refractivity contribution is 0.112. The summed E-state index contributed by atoms with van der Waals surface area (Å²) in [6.07, 6.45) is 6.94. The molecule has 1 saturated carbocycles. The number of carbonyl (C=O) groups is 1. The van der Waals surface area contributed by atoms with Crippen molar-refractivity contribution in [2.75, 3.05) is 0 Å². The van der Waals surface area contributed by atoms with Gasteiger partial charge in [0, 0.05) is 33.7 Å². The van der Waals surface area contributed by atoms with Gasteiger partial charge in [-0.05, 0) is 30.9 Å². The first-order valence-corrected chi connectivity index (χ1v) is 6.81. The zero-order valence-corrected chi connectivity index (χ0v) is 11.1. The predicted octanol–water partition coefficient (Wildman–Crippen LogP) is 4.02. The standard InChI is InChI=1S/C14H14BrNO/c15-12-4-5-13-11(9-17)8-16(14(13)6-12)7-10-2-1-3-10/h4-6,8-10H,1-3,7H2. The average Bonchev–Trinajstić information content (AvgIpc) is 2.61. The molecule has 0 atom stereocenters. The fourth-order valence-corrected chi connectivity index (χ4v) is 2.84. The molecule has 88 valence electrons. The Morgan fingerprint density at radius 2 is 2.24 bits per heavy atom. The molecule has 0 amide bonds. The van der Waals surface area contributed by atoms with Gasteiger partial charge in [0.15, 0.2) is 6.29 Å². The molecule has 1 aliphatic carbocycles. The summed E-state index contributed by atoms with van der Waals surface area (Å²) >= 11 is 3.49. The van der Waals surface area contributed by atoms with Crippen LogP contribution in [0.25, 0.3) is 10.9 Å². The van der Waals surface area contributed by atoms with Crippen molar-refractivity contribution < 1.29 is 4.79 Å². The van der Waals surface area contributed by atoms with Gasteiger partial charge in [-0.1, -0.05) is 28.4 Å². The van der Waals surface area contributed by atoms with E-state index in [9.17, 15) is 4.79 Å². The van der Waals surface area contributed by atoms with Gasteiger partial charge < -0.3 is 4.57 Å². The third-order valence-electron chi connectivity index (χ3n) is 3.68. The van der Waals surface area contributed by atoms with Crippen molar-refractivity contribution in [1.82, 2.24) is 4.57 Å². The summed E-state index contributed by atoms with van der Waals surface area (Å²) in [5.41, 5.74) is 1.96. The van der Waals surface area contributed by atoms with Crippen LogP contribution in [-0.4, -0.2) is 10.9 Å². The van der Waals surface area contributed by atoms with Gasteiger partial charge in [0.25, 0.3) is 0 Å². The number of nitrogens with zero attached hydrogens (tertiary/aromatic N) is 1. The SMILES string of the molecule is O=Cc1cn(CC2CCC2)c2cc(Br)ccc12. The zero-order valence-electron chi connectivity index (χ0n) is 9.53. The molecular weight excluding hydrogens is 278 g/mol. The van der Waals surface area contributed by atoms with Crippen molar-refractivity contribution >= 4 is 33.1 Å². The molecule has 0 spiro atoms.